The summed E-state index contributed by atoms with van der Waals surface area (Å²) in [4.78, 5) is 3.64. The summed E-state index contributed by atoms with van der Waals surface area (Å²) in [6.07, 6.45) is 1.15. The third-order valence-corrected chi connectivity index (χ3v) is 4.06. The molecule has 0 aromatic heterocycles. The van der Waals surface area contributed by atoms with Crippen molar-refractivity contribution in [2.24, 2.45) is 4.99 Å². The van der Waals surface area contributed by atoms with Crippen LogP contribution in [0.1, 0.15) is 25.0 Å². The fourth-order valence-corrected chi connectivity index (χ4v) is 2.44. The smallest absolute Gasteiger partial charge is 0.200 e. The summed E-state index contributed by atoms with van der Waals surface area (Å²) in [5.41, 5.74) is -2.22. The van der Waals surface area contributed by atoms with Crippen LogP contribution in [0.5, 0.6) is 0 Å². The number of allylic oxidation sites excluding steroid dienone is 2. The van der Waals surface area contributed by atoms with E-state index in [4.69, 9.17) is 0 Å². The molecule has 12 heteroatoms. The van der Waals surface area contributed by atoms with Crippen molar-refractivity contribution in [1.82, 2.24) is 5.32 Å². The number of aliphatic imine (C=N–C) groups is 1. The molecule has 1 N–H and O–H groups in total. The van der Waals surface area contributed by atoms with Crippen LogP contribution in [0.3, 0.4) is 0 Å². The van der Waals surface area contributed by atoms with Gasteiger partial charge in [-0.3, -0.25) is 4.99 Å². The van der Waals surface area contributed by atoms with E-state index in [2.05, 4.69) is 10.3 Å². The minimum Gasteiger partial charge on any atom is -0.384 e. The first-order chi connectivity index (χ1) is 14.4. The minimum atomic E-state index is -2.31. The lowest BCUT2D eigenvalue weighted by molar-refractivity contribution is 0.368. The maximum absolute atomic E-state index is 13.6. The highest BCUT2D eigenvalue weighted by atomic mass is 19.2. The Bertz CT molecular complexity index is 1030. The number of halogens is 10. The van der Waals surface area contributed by atoms with Gasteiger partial charge in [0.1, 0.15) is 0 Å². The molecule has 0 aliphatic heterocycles. The highest BCUT2D eigenvalue weighted by Crippen LogP contribution is 2.24. The average molecular weight is 458 g/mol. The van der Waals surface area contributed by atoms with Gasteiger partial charge in [0.25, 0.3) is 0 Å². The second-order valence-electron chi connectivity index (χ2n) is 6.24. The van der Waals surface area contributed by atoms with E-state index in [1.165, 1.54) is 13.8 Å². The standard InChI is InChI=1S/C19H12F10N2/c1-6(30-4-8-10(20)14(24)18(28)15(25)11(8)21)3-7(2)31-5-9-12(22)16(26)19(29)17(27)13(9)23/h3,30H,4-5H2,1-2H3/b6-3-,31-7?. The van der Waals surface area contributed by atoms with Gasteiger partial charge in [-0.05, 0) is 19.9 Å². The zero-order chi connectivity index (χ0) is 23.6. The predicted molar refractivity (Wildman–Crippen MR) is 89.9 cm³/mol. The monoisotopic (exact) mass is 458 g/mol. The molecule has 0 saturated heterocycles. The van der Waals surface area contributed by atoms with Gasteiger partial charge in [-0.25, -0.2) is 43.9 Å². The summed E-state index contributed by atoms with van der Waals surface area (Å²) in [6.45, 7) is 0.858. The highest BCUT2D eigenvalue weighted by molar-refractivity contribution is 5.93. The first-order valence-corrected chi connectivity index (χ1v) is 8.32. The minimum absolute atomic E-state index is 0.00801. The molecule has 2 nitrogen and oxygen atoms in total. The number of nitrogens with one attached hydrogen (secondary N) is 1. The Hall–Kier alpha value is -3.05. The maximum Gasteiger partial charge on any atom is 0.200 e. The van der Waals surface area contributed by atoms with Crippen LogP contribution < -0.4 is 5.32 Å². The number of benzene rings is 2. The van der Waals surface area contributed by atoms with Crippen molar-refractivity contribution in [3.8, 4) is 0 Å². The quantitative estimate of drug-likeness (QED) is 0.254. The van der Waals surface area contributed by atoms with Crippen molar-refractivity contribution in [1.29, 1.82) is 0 Å². The van der Waals surface area contributed by atoms with Crippen LogP contribution in [0.4, 0.5) is 43.9 Å². The van der Waals surface area contributed by atoms with E-state index in [0.29, 0.717) is 0 Å². The molecular formula is C19H12F10N2. The van der Waals surface area contributed by atoms with Crippen molar-refractivity contribution in [2.45, 2.75) is 26.9 Å². The molecule has 0 aliphatic rings. The maximum atomic E-state index is 13.6. The average Bonchev–Trinajstić information content (AvgIpc) is 2.73. The summed E-state index contributed by atoms with van der Waals surface area (Å²) in [6, 6.07) is 0. The van der Waals surface area contributed by atoms with Crippen molar-refractivity contribution < 1.29 is 43.9 Å². The van der Waals surface area contributed by atoms with Gasteiger partial charge in [0.15, 0.2) is 46.5 Å². The number of hydrogen-bond donors (Lipinski definition) is 1. The van der Waals surface area contributed by atoms with E-state index in [1.807, 2.05) is 0 Å². The first kappa shape index (κ1) is 24.2. The topological polar surface area (TPSA) is 24.4 Å². The molecule has 0 radical (unpaired) electrons. The summed E-state index contributed by atoms with van der Waals surface area (Å²) in [5.74, 6) is -21.2. The molecule has 0 heterocycles. The lowest BCUT2D eigenvalue weighted by Crippen LogP contribution is -2.17. The zero-order valence-corrected chi connectivity index (χ0v) is 15.7. The van der Waals surface area contributed by atoms with Gasteiger partial charge in [-0.1, -0.05) is 0 Å². The Balaban J connectivity index is 2.19. The van der Waals surface area contributed by atoms with Crippen LogP contribution in [0.15, 0.2) is 16.8 Å². The van der Waals surface area contributed by atoms with Gasteiger partial charge in [0.05, 0.1) is 12.1 Å². The Kier molecular flexibility index (Phi) is 7.34. The highest BCUT2D eigenvalue weighted by Gasteiger charge is 2.26. The van der Waals surface area contributed by atoms with Gasteiger partial charge in [-0.15, -0.1) is 0 Å². The van der Waals surface area contributed by atoms with E-state index >= 15 is 0 Å². The second-order valence-corrected chi connectivity index (χ2v) is 6.24. The van der Waals surface area contributed by atoms with Crippen LogP contribution >= 0.6 is 0 Å². The molecule has 0 amide bonds. The summed E-state index contributed by atoms with van der Waals surface area (Å²) in [7, 11) is 0. The first-order valence-electron chi connectivity index (χ1n) is 8.32. The normalized spacial score (nSPS) is 12.5. The second kappa shape index (κ2) is 9.40. The van der Waals surface area contributed by atoms with Crippen LogP contribution in [-0.4, -0.2) is 5.71 Å². The fourth-order valence-electron chi connectivity index (χ4n) is 2.44. The molecule has 2 aromatic carbocycles. The molecule has 31 heavy (non-hydrogen) atoms. The third kappa shape index (κ3) is 4.83. The molecule has 0 aliphatic carbocycles. The van der Waals surface area contributed by atoms with E-state index in [0.717, 1.165) is 6.08 Å². The van der Waals surface area contributed by atoms with Crippen LogP contribution in [0, 0.1) is 58.2 Å². The molecule has 2 rings (SSSR count). The molecule has 0 bridgehead atoms. The van der Waals surface area contributed by atoms with E-state index in [-0.39, 0.29) is 11.4 Å². The van der Waals surface area contributed by atoms with Crippen molar-refractivity contribution >= 4 is 5.71 Å². The molecule has 0 atom stereocenters. The largest absolute Gasteiger partial charge is 0.384 e. The van der Waals surface area contributed by atoms with Gasteiger partial charge in [0, 0.05) is 23.5 Å². The van der Waals surface area contributed by atoms with Crippen LogP contribution in [0.2, 0.25) is 0 Å². The van der Waals surface area contributed by atoms with E-state index in [9.17, 15) is 43.9 Å². The number of hydrogen-bond acceptors (Lipinski definition) is 2. The Morgan fingerprint density at radius 3 is 1.39 bits per heavy atom. The zero-order valence-electron chi connectivity index (χ0n) is 15.7. The van der Waals surface area contributed by atoms with Gasteiger partial charge >= 0.3 is 0 Å². The summed E-state index contributed by atoms with van der Waals surface area (Å²) >= 11 is 0. The Morgan fingerprint density at radius 1 is 0.613 bits per heavy atom. The lowest BCUT2D eigenvalue weighted by atomic mass is 10.1. The Morgan fingerprint density at radius 2 is 0.968 bits per heavy atom. The Labute approximate surface area is 168 Å². The molecule has 168 valence electrons. The fraction of sp³-hybridized carbons (Fsp3) is 0.211. The van der Waals surface area contributed by atoms with Gasteiger partial charge < -0.3 is 5.32 Å². The summed E-state index contributed by atoms with van der Waals surface area (Å²) < 4.78 is 133. The van der Waals surface area contributed by atoms with E-state index in [1.54, 1.807) is 0 Å². The number of rotatable bonds is 6. The van der Waals surface area contributed by atoms with Crippen molar-refractivity contribution in [2.75, 3.05) is 0 Å². The lowest BCUT2D eigenvalue weighted by Gasteiger charge is -2.11. The van der Waals surface area contributed by atoms with Crippen molar-refractivity contribution in [3.63, 3.8) is 0 Å². The van der Waals surface area contributed by atoms with Crippen molar-refractivity contribution in [3.05, 3.63) is 81.1 Å². The number of nitrogens with zero attached hydrogens (tertiary/aromatic N) is 1. The molecule has 2 aromatic rings. The predicted octanol–water partition coefficient (Wildman–Crippen LogP) is 5.73. The molecule has 0 spiro atoms. The van der Waals surface area contributed by atoms with Gasteiger partial charge in [-0.2, -0.15) is 0 Å². The summed E-state index contributed by atoms with van der Waals surface area (Å²) in [5, 5.41) is 2.36. The molecular weight excluding hydrogens is 446 g/mol. The molecule has 0 saturated carbocycles. The SMILES string of the molecule is CC(/C=C(/C)NCc1c(F)c(F)c(F)c(F)c1F)=NCc1c(F)c(F)c(F)c(F)c1F. The van der Waals surface area contributed by atoms with Gasteiger partial charge in [0.2, 0.25) is 11.6 Å². The molecule has 0 fully saturated rings. The van der Waals surface area contributed by atoms with Crippen LogP contribution in [-0.2, 0) is 13.1 Å². The van der Waals surface area contributed by atoms with Crippen LogP contribution in [0.25, 0.3) is 0 Å². The molecule has 0 unspecified atom stereocenters. The van der Waals surface area contributed by atoms with E-state index < -0.39 is 82.4 Å². The third-order valence-electron chi connectivity index (χ3n) is 4.06.